The molecule has 18 nitrogen and oxygen atoms in total. The molecule has 0 spiro atoms. The van der Waals surface area contributed by atoms with Crippen LogP contribution in [0.4, 0.5) is 4.79 Å². The first kappa shape index (κ1) is 49.1. The first-order valence-corrected chi connectivity index (χ1v) is 20.0. The average Bonchev–Trinajstić information content (AvgIpc) is 3.01. The minimum Gasteiger partial charge on any atom is -0.480 e. The number of guanidine groups is 1. The number of aliphatic carboxylic acids is 1. The van der Waals surface area contributed by atoms with Gasteiger partial charge in [-0.15, -0.1) is 0 Å². The van der Waals surface area contributed by atoms with Crippen LogP contribution in [0.15, 0.2) is 22.0 Å². The molecule has 19 heteroatoms. The zero-order valence-corrected chi connectivity index (χ0v) is 35.0. The lowest BCUT2D eigenvalue weighted by atomic mass is 10.0. The maximum atomic E-state index is 13.8. The molecule has 0 heterocycles. The Bertz CT molecular complexity index is 1680. The van der Waals surface area contributed by atoms with Gasteiger partial charge in [0.05, 0.1) is 4.90 Å². The van der Waals surface area contributed by atoms with Gasteiger partial charge in [0.1, 0.15) is 29.8 Å². The second-order valence-electron chi connectivity index (χ2n) is 15.7. The van der Waals surface area contributed by atoms with Gasteiger partial charge in [0, 0.05) is 13.0 Å². The Kier molecular flexibility index (Phi) is 19.3. The number of aryl methyl sites for hydroxylation is 3. The third-order valence-corrected chi connectivity index (χ3v) is 9.69. The van der Waals surface area contributed by atoms with Crippen molar-refractivity contribution < 1.29 is 47.0 Å². The lowest BCUT2D eigenvalue weighted by Gasteiger charge is -2.27. The molecule has 0 aliphatic heterocycles. The van der Waals surface area contributed by atoms with Gasteiger partial charge in [-0.25, -0.2) is 22.7 Å². The molecule has 10 N–H and O–H groups in total. The number of nitrogens with two attached hydrogens (primary N) is 2. The molecule has 1 rings (SSSR count). The van der Waals surface area contributed by atoms with Crippen LogP contribution in [-0.4, -0.2) is 91.5 Å². The van der Waals surface area contributed by atoms with Crippen LogP contribution in [0.25, 0.3) is 0 Å². The van der Waals surface area contributed by atoms with E-state index in [1.165, 1.54) is 0 Å². The minimum atomic E-state index is -4.09. The van der Waals surface area contributed by atoms with Crippen LogP contribution < -0.4 is 37.5 Å². The molecule has 5 amide bonds. The topological polar surface area (TPSA) is 291 Å². The van der Waals surface area contributed by atoms with E-state index in [0.29, 0.717) is 11.1 Å². The van der Waals surface area contributed by atoms with Gasteiger partial charge < -0.3 is 42.6 Å². The van der Waals surface area contributed by atoms with Crippen molar-refractivity contribution in [1.29, 1.82) is 0 Å². The van der Waals surface area contributed by atoms with Gasteiger partial charge in [0.2, 0.25) is 29.6 Å². The van der Waals surface area contributed by atoms with Crippen LogP contribution >= 0.6 is 0 Å². The standard InChI is InChI=1S/C37H62N8O10S/c1-20(2)16-27(44-36(52)55-37(8,9)10)33(49)42-26(13-14-29(38)46)32(48)41-25(31(47)43-28(34(50)51)17-21(3)4)12-11-15-40-35(39)45-56(53,54)30-23(6)18-22(5)19-24(30)7/h18-21,25-28H,11-17H2,1-10H3,(H2,38,46)(H,41,48)(H,42,49)(H,43,47)(H,44,52)(H,50,51)(H3,39,40,45)/t25-,26-,27-,28-/m0/s1. The van der Waals surface area contributed by atoms with Crippen molar-refractivity contribution in [3.8, 4) is 0 Å². The van der Waals surface area contributed by atoms with Gasteiger partial charge in [-0.1, -0.05) is 45.4 Å². The number of carboxylic acid groups (broad SMARTS) is 1. The number of carbonyl (C=O) groups is 6. The summed E-state index contributed by atoms with van der Waals surface area (Å²) >= 11 is 0. The number of aliphatic imine (C=N–C) groups is 1. The number of hydrogen-bond acceptors (Lipinski definition) is 10. The summed E-state index contributed by atoms with van der Waals surface area (Å²) in [6.07, 6.45) is -1.28. The van der Waals surface area contributed by atoms with Crippen LogP contribution in [0.2, 0.25) is 0 Å². The van der Waals surface area contributed by atoms with E-state index >= 15 is 0 Å². The summed E-state index contributed by atoms with van der Waals surface area (Å²) in [6, 6.07) is -1.78. The summed E-state index contributed by atoms with van der Waals surface area (Å²) in [7, 11) is -4.09. The van der Waals surface area contributed by atoms with E-state index in [1.807, 2.05) is 20.8 Å². The Morgan fingerprint density at radius 3 is 1.70 bits per heavy atom. The average molecular weight is 811 g/mol. The number of carbonyl (C=O) groups excluding carboxylic acids is 5. The summed E-state index contributed by atoms with van der Waals surface area (Å²) < 4.78 is 33.8. The molecule has 0 saturated carbocycles. The van der Waals surface area contributed by atoms with Crippen LogP contribution in [0.3, 0.4) is 0 Å². The molecule has 0 fully saturated rings. The molecule has 0 unspecified atom stereocenters. The van der Waals surface area contributed by atoms with Gasteiger partial charge in [0.15, 0.2) is 0 Å². The van der Waals surface area contributed by atoms with Crippen LogP contribution in [0, 0.1) is 32.6 Å². The highest BCUT2D eigenvalue weighted by Gasteiger charge is 2.32. The van der Waals surface area contributed by atoms with Gasteiger partial charge in [-0.05, 0) is 96.6 Å². The van der Waals surface area contributed by atoms with Crippen molar-refractivity contribution in [2.24, 2.45) is 28.3 Å². The van der Waals surface area contributed by atoms with Crippen molar-refractivity contribution in [2.75, 3.05) is 6.54 Å². The first-order valence-electron chi connectivity index (χ1n) is 18.5. The fourth-order valence-corrected chi connectivity index (χ4v) is 7.20. The molecule has 1 aromatic rings. The summed E-state index contributed by atoms with van der Waals surface area (Å²) in [5.74, 6) is -5.17. The molecule has 316 valence electrons. The lowest BCUT2D eigenvalue weighted by Crippen LogP contribution is -2.58. The normalized spacial score (nSPS) is 14.2. The quantitative estimate of drug-likeness (QED) is 0.0503. The number of rotatable bonds is 21. The maximum Gasteiger partial charge on any atom is 0.408 e. The van der Waals surface area contributed by atoms with Gasteiger partial charge >= 0.3 is 12.1 Å². The number of nitrogens with one attached hydrogen (secondary N) is 5. The largest absolute Gasteiger partial charge is 0.480 e. The van der Waals surface area contributed by atoms with Crippen molar-refractivity contribution in [3.05, 3.63) is 28.8 Å². The Morgan fingerprint density at radius 1 is 0.768 bits per heavy atom. The van der Waals surface area contributed by atoms with E-state index in [1.54, 1.807) is 60.6 Å². The fourth-order valence-electron chi connectivity index (χ4n) is 5.79. The van der Waals surface area contributed by atoms with Gasteiger partial charge in [-0.2, -0.15) is 0 Å². The molecule has 0 radical (unpaired) electrons. The van der Waals surface area contributed by atoms with Crippen molar-refractivity contribution in [3.63, 3.8) is 0 Å². The zero-order chi connectivity index (χ0) is 43.1. The smallest absolute Gasteiger partial charge is 0.408 e. The van der Waals surface area contributed by atoms with E-state index in [4.69, 9.17) is 16.2 Å². The molecule has 0 aliphatic rings. The summed E-state index contributed by atoms with van der Waals surface area (Å²) in [6.45, 7) is 17.2. The van der Waals surface area contributed by atoms with Crippen molar-refractivity contribution in [2.45, 2.75) is 142 Å². The second-order valence-corrected chi connectivity index (χ2v) is 17.3. The summed E-state index contributed by atoms with van der Waals surface area (Å²) in [5, 5.41) is 19.8. The van der Waals surface area contributed by atoms with Gasteiger partial charge in [-0.3, -0.25) is 24.2 Å². The number of benzene rings is 1. The lowest BCUT2D eigenvalue weighted by molar-refractivity contribution is -0.142. The highest BCUT2D eigenvalue weighted by molar-refractivity contribution is 7.90. The predicted molar refractivity (Wildman–Crippen MR) is 211 cm³/mol. The van der Waals surface area contributed by atoms with E-state index in [2.05, 4.69) is 31.0 Å². The number of alkyl carbamates (subject to hydrolysis) is 1. The van der Waals surface area contributed by atoms with E-state index < -0.39 is 81.4 Å². The van der Waals surface area contributed by atoms with E-state index in [0.717, 1.165) is 5.56 Å². The number of carboxylic acids is 1. The van der Waals surface area contributed by atoms with Crippen LogP contribution in [-0.2, 0) is 38.7 Å². The van der Waals surface area contributed by atoms with Crippen molar-refractivity contribution in [1.82, 2.24) is 26.0 Å². The predicted octanol–water partition coefficient (Wildman–Crippen LogP) is 1.78. The zero-order valence-electron chi connectivity index (χ0n) is 34.2. The fraction of sp³-hybridized carbons (Fsp3) is 0.649. The molecular weight excluding hydrogens is 749 g/mol. The first-order chi connectivity index (χ1) is 25.7. The van der Waals surface area contributed by atoms with Crippen LogP contribution in [0.5, 0.6) is 0 Å². The summed E-state index contributed by atoms with van der Waals surface area (Å²) in [4.78, 5) is 81.2. The van der Waals surface area contributed by atoms with Gasteiger partial charge in [0.25, 0.3) is 10.0 Å². The van der Waals surface area contributed by atoms with E-state index in [-0.39, 0.29) is 61.8 Å². The molecule has 0 bridgehead atoms. The molecule has 0 aromatic heterocycles. The number of ether oxygens (including phenoxy) is 1. The Hall–Kier alpha value is -4.94. The monoisotopic (exact) mass is 810 g/mol. The number of amides is 5. The molecule has 0 aliphatic carbocycles. The summed E-state index contributed by atoms with van der Waals surface area (Å²) in [5.41, 5.74) is 12.3. The molecule has 56 heavy (non-hydrogen) atoms. The highest BCUT2D eigenvalue weighted by atomic mass is 32.2. The molecule has 0 saturated heterocycles. The molecular formula is C37H62N8O10S. The van der Waals surface area contributed by atoms with E-state index in [9.17, 15) is 42.3 Å². The van der Waals surface area contributed by atoms with Crippen LogP contribution in [0.1, 0.15) is 104 Å². The number of hydrogen-bond donors (Lipinski definition) is 8. The molecule has 1 aromatic carbocycles. The third kappa shape index (κ3) is 18.1. The minimum absolute atomic E-state index is 0.0554. The molecule has 4 atom stereocenters. The second kappa shape index (κ2) is 22.0. The Balaban J connectivity index is 3.33. The number of nitrogens with zero attached hydrogens (tertiary/aromatic N) is 1. The Labute approximate surface area is 330 Å². The SMILES string of the molecule is Cc1cc(C)c(S(=O)(=O)NC(N)=NCCC[C@H](NC(=O)[C@H](CCC(N)=O)NC(=O)[C@H](CC(C)C)NC(=O)OC(C)(C)C)C(=O)N[C@@H](CC(C)C)C(=O)O)c(C)c1. The number of sulfonamides is 1. The maximum absolute atomic E-state index is 13.8. The number of primary amides is 1. The third-order valence-electron chi connectivity index (χ3n) is 8.03. The van der Waals surface area contributed by atoms with Crippen molar-refractivity contribution >= 4 is 51.7 Å². The highest BCUT2D eigenvalue weighted by Crippen LogP contribution is 2.21. The Morgan fingerprint density at radius 2 is 1.23 bits per heavy atom.